The molecule has 51 heavy (non-hydrogen) atoms. The highest BCUT2D eigenvalue weighted by molar-refractivity contribution is 5.97. The first-order valence-electron chi connectivity index (χ1n) is 16.3. The quantitative estimate of drug-likeness (QED) is 0.114. The van der Waals surface area contributed by atoms with Crippen LogP contribution in [0.5, 0.6) is 0 Å². The fourth-order valence-electron chi connectivity index (χ4n) is 5.22. The molecule has 2 aromatic rings. The van der Waals surface area contributed by atoms with Gasteiger partial charge in [-0.3, -0.25) is 33.8 Å². The molecule has 1 unspecified atom stereocenters. The number of carbonyl (C=O) groups excluding carboxylic acids is 6. The Labute approximate surface area is 292 Å². The van der Waals surface area contributed by atoms with Gasteiger partial charge in [-0.2, -0.15) is 8.78 Å². The number of β-amino-alcohol motifs (C(OH)–C–C–N with tert-alkyl or cyclic N) is 1. The Kier molecular flexibility index (Phi) is 14.8. The molecule has 0 aliphatic carbocycles. The van der Waals surface area contributed by atoms with Gasteiger partial charge in [-0.25, -0.2) is 4.98 Å². The predicted molar refractivity (Wildman–Crippen MR) is 174 cm³/mol. The SMILES string of the molecule is CCC[C@H](NC(=O)[C@@H]1C[C@@H](O)CN1C(=O)CNC(=O)[C@@H](NC(=O)c1cnccn1)C(C)C)C(O)C(F)(F)C(=O)NCC(=O)OCc1ccccc1. The molecule has 6 N–H and O–H groups in total. The van der Waals surface area contributed by atoms with E-state index in [2.05, 4.69) is 25.9 Å². The van der Waals surface area contributed by atoms with Crippen molar-refractivity contribution in [2.75, 3.05) is 19.6 Å². The fourth-order valence-corrected chi connectivity index (χ4v) is 5.22. The summed E-state index contributed by atoms with van der Waals surface area (Å²) < 4.78 is 35.2. The molecule has 278 valence electrons. The van der Waals surface area contributed by atoms with Crippen molar-refractivity contribution < 1.29 is 52.5 Å². The highest BCUT2D eigenvalue weighted by Gasteiger charge is 2.51. The summed E-state index contributed by atoms with van der Waals surface area (Å²) in [6.45, 7) is 2.91. The number of nitrogens with one attached hydrogen (secondary N) is 4. The summed E-state index contributed by atoms with van der Waals surface area (Å²) in [5.74, 6) is -11.0. The molecule has 1 aromatic heterocycles. The fraction of sp³-hybridized carbons (Fsp3) is 0.515. The zero-order valence-electron chi connectivity index (χ0n) is 28.4. The molecule has 0 radical (unpaired) electrons. The molecule has 16 nitrogen and oxygen atoms in total. The number of rotatable bonds is 17. The normalized spacial score (nSPS) is 17.5. The van der Waals surface area contributed by atoms with Crippen LogP contribution in [0.15, 0.2) is 48.9 Å². The van der Waals surface area contributed by atoms with Gasteiger partial charge in [0.05, 0.1) is 24.9 Å². The average molecular weight is 720 g/mol. The highest BCUT2D eigenvalue weighted by atomic mass is 19.3. The first-order chi connectivity index (χ1) is 24.1. The molecule has 1 fully saturated rings. The molecule has 3 rings (SSSR count). The van der Waals surface area contributed by atoms with Crippen molar-refractivity contribution in [2.45, 2.75) is 82.9 Å². The number of likely N-dealkylation sites (tertiary alicyclic amines) is 1. The van der Waals surface area contributed by atoms with Crippen LogP contribution in [0.3, 0.4) is 0 Å². The van der Waals surface area contributed by atoms with E-state index in [1.807, 2.05) is 0 Å². The van der Waals surface area contributed by atoms with E-state index in [-0.39, 0.29) is 38.1 Å². The van der Waals surface area contributed by atoms with E-state index in [1.54, 1.807) is 56.4 Å². The van der Waals surface area contributed by atoms with Gasteiger partial charge in [0.25, 0.3) is 11.8 Å². The number of aromatic nitrogens is 2. The maximum atomic E-state index is 15.1. The van der Waals surface area contributed by atoms with Crippen LogP contribution in [-0.2, 0) is 35.3 Å². The van der Waals surface area contributed by atoms with Crippen molar-refractivity contribution in [3.05, 3.63) is 60.2 Å². The highest BCUT2D eigenvalue weighted by Crippen LogP contribution is 2.25. The molecular formula is C33H43F2N7O9. The van der Waals surface area contributed by atoms with Crippen LogP contribution < -0.4 is 21.3 Å². The summed E-state index contributed by atoms with van der Waals surface area (Å²) in [7, 11) is 0. The first kappa shape index (κ1) is 40.3. The predicted octanol–water partition coefficient (Wildman–Crippen LogP) is -0.550. The topological polar surface area (TPSA) is 229 Å². The minimum absolute atomic E-state index is 0.0314. The van der Waals surface area contributed by atoms with Gasteiger partial charge in [0.15, 0.2) is 0 Å². The van der Waals surface area contributed by atoms with Crippen molar-refractivity contribution >= 4 is 35.5 Å². The van der Waals surface area contributed by atoms with Crippen LogP contribution >= 0.6 is 0 Å². The van der Waals surface area contributed by atoms with Crippen molar-refractivity contribution in [1.82, 2.24) is 36.1 Å². The van der Waals surface area contributed by atoms with Crippen molar-refractivity contribution in [3.8, 4) is 0 Å². The Morgan fingerprint density at radius 3 is 2.37 bits per heavy atom. The Morgan fingerprint density at radius 1 is 1.04 bits per heavy atom. The smallest absolute Gasteiger partial charge is 0.351 e. The van der Waals surface area contributed by atoms with Crippen LogP contribution in [0.25, 0.3) is 0 Å². The number of ether oxygens (including phenoxy) is 1. The van der Waals surface area contributed by atoms with Gasteiger partial charge < -0.3 is 41.1 Å². The lowest BCUT2D eigenvalue weighted by Gasteiger charge is -2.31. The summed E-state index contributed by atoms with van der Waals surface area (Å²) in [4.78, 5) is 85.0. The van der Waals surface area contributed by atoms with E-state index < -0.39 is 90.8 Å². The number of amides is 5. The molecular weight excluding hydrogens is 676 g/mol. The summed E-state index contributed by atoms with van der Waals surface area (Å²) in [5.41, 5.74) is 0.604. The Hall–Kier alpha value is -5.10. The summed E-state index contributed by atoms with van der Waals surface area (Å²) in [6.07, 6.45) is -0.300. The molecule has 0 saturated carbocycles. The minimum atomic E-state index is -4.46. The molecule has 1 aromatic carbocycles. The third-order valence-electron chi connectivity index (χ3n) is 7.97. The summed E-state index contributed by atoms with van der Waals surface area (Å²) in [5, 5.41) is 29.8. The lowest BCUT2D eigenvalue weighted by atomic mass is 9.98. The van der Waals surface area contributed by atoms with Crippen molar-refractivity contribution in [1.29, 1.82) is 0 Å². The van der Waals surface area contributed by atoms with E-state index >= 15 is 8.78 Å². The second kappa shape index (κ2) is 18.8. The number of halogens is 2. The number of hydrogen-bond acceptors (Lipinski definition) is 11. The molecule has 5 atom stereocenters. The van der Waals surface area contributed by atoms with Crippen LogP contribution in [0.2, 0.25) is 0 Å². The lowest BCUT2D eigenvalue weighted by molar-refractivity contribution is -0.169. The van der Waals surface area contributed by atoms with Gasteiger partial charge in [-0.1, -0.05) is 57.5 Å². The number of aliphatic hydroxyl groups excluding tert-OH is 2. The van der Waals surface area contributed by atoms with Crippen molar-refractivity contribution in [2.24, 2.45) is 5.92 Å². The summed E-state index contributed by atoms with van der Waals surface area (Å²) >= 11 is 0. The van der Waals surface area contributed by atoms with E-state index in [0.717, 1.165) is 4.90 Å². The van der Waals surface area contributed by atoms with Crippen LogP contribution in [0, 0.1) is 5.92 Å². The van der Waals surface area contributed by atoms with E-state index in [0.29, 0.717) is 5.56 Å². The molecule has 2 heterocycles. The Balaban J connectivity index is 1.58. The van der Waals surface area contributed by atoms with E-state index in [9.17, 15) is 39.0 Å². The maximum Gasteiger partial charge on any atom is 0.351 e. The van der Waals surface area contributed by atoms with Gasteiger partial charge in [0.1, 0.15) is 37.0 Å². The first-order valence-corrected chi connectivity index (χ1v) is 16.3. The minimum Gasteiger partial charge on any atom is -0.460 e. The standard InChI is InChI=1S/C33H43F2N7O9/c1-4-8-22(28(46)33(34,35)32(50)39-16-26(45)51-18-20-9-6-5-7-10-20)40-30(48)24-13-21(43)17-42(24)25(44)15-38-31(49)27(19(2)3)41-29(47)23-14-36-11-12-37-23/h5-7,9-12,14,19,21-22,24,27-28,43,46H,4,8,13,15-18H2,1-3H3,(H,38,49)(H,39,50)(H,40,48)(H,41,47)/t21-,22+,24+,27+,28?/m1/s1. The number of alkyl halides is 2. The molecule has 1 aliphatic rings. The second-order valence-corrected chi connectivity index (χ2v) is 12.3. The molecule has 0 spiro atoms. The monoisotopic (exact) mass is 719 g/mol. The molecule has 1 saturated heterocycles. The van der Waals surface area contributed by atoms with Crippen LogP contribution in [-0.4, -0.2) is 116 Å². The largest absolute Gasteiger partial charge is 0.460 e. The number of benzene rings is 1. The van der Waals surface area contributed by atoms with Gasteiger partial charge in [-0.05, 0) is 17.9 Å². The second-order valence-electron chi connectivity index (χ2n) is 12.3. The number of carbonyl (C=O) groups is 6. The number of esters is 1. The molecule has 0 bridgehead atoms. The average Bonchev–Trinajstić information content (AvgIpc) is 3.52. The third kappa shape index (κ3) is 11.5. The summed E-state index contributed by atoms with van der Waals surface area (Å²) in [6, 6.07) is 4.40. The third-order valence-corrected chi connectivity index (χ3v) is 7.97. The number of nitrogens with zero attached hydrogens (tertiary/aromatic N) is 3. The zero-order valence-corrected chi connectivity index (χ0v) is 28.4. The van der Waals surface area contributed by atoms with Gasteiger partial charge >= 0.3 is 11.9 Å². The maximum absolute atomic E-state index is 15.1. The Bertz CT molecular complexity index is 1520. The molecule has 1 aliphatic heterocycles. The molecule has 5 amide bonds. The van der Waals surface area contributed by atoms with Gasteiger partial charge in [-0.15, -0.1) is 0 Å². The molecule has 18 heteroatoms. The van der Waals surface area contributed by atoms with Gasteiger partial charge in [0, 0.05) is 25.4 Å². The number of hydrogen-bond donors (Lipinski definition) is 6. The lowest BCUT2D eigenvalue weighted by Crippen LogP contribution is -2.60. The van der Waals surface area contributed by atoms with Crippen LogP contribution in [0.4, 0.5) is 8.78 Å². The van der Waals surface area contributed by atoms with Crippen molar-refractivity contribution in [3.63, 3.8) is 0 Å². The van der Waals surface area contributed by atoms with E-state index in [4.69, 9.17) is 4.74 Å². The van der Waals surface area contributed by atoms with Gasteiger partial charge in [0.2, 0.25) is 17.7 Å². The number of aliphatic hydroxyl groups is 2. The van der Waals surface area contributed by atoms with E-state index in [1.165, 1.54) is 18.6 Å². The van der Waals surface area contributed by atoms with Crippen LogP contribution in [0.1, 0.15) is 56.1 Å². The Morgan fingerprint density at radius 2 is 1.75 bits per heavy atom. The zero-order chi connectivity index (χ0) is 37.7.